The summed E-state index contributed by atoms with van der Waals surface area (Å²) in [5.74, 6) is 0.808. The monoisotopic (exact) mass is 629 g/mol. The Kier molecular flexibility index (Phi) is 6.08. The molecule has 0 N–H and O–H groups in total. The van der Waals surface area contributed by atoms with Gasteiger partial charge in [0, 0.05) is 39.0 Å². The molecule has 49 heavy (non-hydrogen) atoms. The number of nitrogens with zero attached hydrogens (tertiary/aromatic N) is 1. The molecule has 2 atom stereocenters. The molecule has 2 nitrogen and oxygen atoms in total. The van der Waals surface area contributed by atoms with Gasteiger partial charge in [0.25, 0.3) is 0 Å². The summed E-state index contributed by atoms with van der Waals surface area (Å²) in [4.78, 5) is 2.45. The van der Waals surface area contributed by atoms with Crippen LogP contribution in [0.25, 0.3) is 54.6 Å². The molecule has 0 saturated carbocycles. The number of hydrogen-bond donors (Lipinski definition) is 0. The number of fused-ring (bicyclic) bond motifs is 9. The van der Waals surface area contributed by atoms with E-state index in [-0.39, 0.29) is 5.41 Å². The van der Waals surface area contributed by atoms with Gasteiger partial charge >= 0.3 is 0 Å². The van der Waals surface area contributed by atoms with E-state index in [1.54, 1.807) is 0 Å². The third-order valence-corrected chi connectivity index (χ3v) is 11.1. The van der Waals surface area contributed by atoms with Crippen molar-refractivity contribution in [2.24, 2.45) is 5.92 Å². The zero-order chi connectivity index (χ0) is 32.7. The molecule has 2 unspecified atom stereocenters. The molecule has 8 aromatic rings. The van der Waals surface area contributed by atoms with E-state index in [4.69, 9.17) is 4.42 Å². The highest BCUT2D eigenvalue weighted by Gasteiger charge is 2.44. The number of hydrogen-bond acceptors (Lipinski definition) is 2. The van der Waals surface area contributed by atoms with E-state index >= 15 is 0 Å². The molecule has 0 saturated heterocycles. The maximum absolute atomic E-state index is 6.56. The van der Waals surface area contributed by atoms with Crippen molar-refractivity contribution in [1.29, 1.82) is 0 Å². The average Bonchev–Trinajstić information content (AvgIpc) is 3.64. The van der Waals surface area contributed by atoms with Gasteiger partial charge in [-0.25, -0.2) is 0 Å². The molecule has 2 aliphatic rings. The normalized spacial score (nSPS) is 17.6. The lowest BCUT2D eigenvalue weighted by Crippen LogP contribution is -2.24. The fourth-order valence-electron chi connectivity index (χ4n) is 8.65. The quantitative estimate of drug-likeness (QED) is 0.193. The van der Waals surface area contributed by atoms with Gasteiger partial charge in [0.1, 0.15) is 11.2 Å². The van der Waals surface area contributed by atoms with Crippen LogP contribution >= 0.6 is 0 Å². The second-order valence-corrected chi connectivity index (χ2v) is 14.2. The van der Waals surface area contributed by atoms with Crippen LogP contribution in [0, 0.1) is 5.92 Å². The Morgan fingerprint density at radius 1 is 0.571 bits per heavy atom. The van der Waals surface area contributed by atoms with Crippen LogP contribution < -0.4 is 4.90 Å². The van der Waals surface area contributed by atoms with Crippen molar-refractivity contribution in [1.82, 2.24) is 0 Å². The first kappa shape index (κ1) is 28.2. The van der Waals surface area contributed by atoms with Crippen LogP contribution in [0.3, 0.4) is 0 Å². The summed E-state index contributed by atoms with van der Waals surface area (Å²) in [5, 5.41) is 7.05. The second kappa shape index (κ2) is 10.6. The van der Waals surface area contributed by atoms with Crippen molar-refractivity contribution in [2.75, 3.05) is 4.90 Å². The van der Waals surface area contributed by atoms with Gasteiger partial charge in [-0.3, -0.25) is 0 Å². The predicted octanol–water partition coefficient (Wildman–Crippen LogP) is 13.1. The predicted molar refractivity (Wildman–Crippen MR) is 206 cm³/mol. The van der Waals surface area contributed by atoms with Crippen LogP contribution in [0.1, 0.15) is 30.9 Å². The standard InChI is InChI=1S/C47H35NO/c1-47(2)42-16-8-5-14-37(42)41-29-35(24-26-43(41)47)48(44-17-9-6-13-36(44)33-20-19-30-11-3-4-12-32(30)27-33)34-23-21-31-22-25-39-38-15-7-10-18-45(38)49-46(39)40(31)28-34/h3-29,37,42H,1-2H3. The Bertz CT molecular complexity index is 2670. The minimum Gasteiger partial charge on any atom is -0.455 e. The Balaban J connectivity index is 1.22. The number of para-hydroxylation sites is 2. The molecular formula is C47H35NO. The number of furan rings is 1. The molecule has 0 bridgehead atoms. The Morgan fingerprint density at radius 2 is 1.31 bits per heavy atom. The average molecular weight is 630 g/mol. The van der Waals surface area contributed by atoms with Gasteiger partial charge in [0.2, 0.25) is 0 Å². The first-order chi connectivity index (χ1) is 24.0. The number of benzene rings is 7. The van der Waals surface area contributed by atoms with Crippen molar-refractivity contribution < 1.29 is 4.42 Å². The fraction of sp³-hybridized carbons (Fsp3) is 0.106. The SMILES string of the molecule is CC1(C)c2ccc(N(c3ccc4ccc5c6ccccc6oc5c4c3)c3ccccc3-c3ccc4ccccc4c3)cc2C2C=CC=CC21. The highest BCUT2D eigenvalue weighted by atomic mass is 16.3. The largest absolute Gasteiger partial charge is 0.455 e. The van der Waals surface area contributed by atoms with Crippen LogP contribution in [0.15, 0.2) is 168 Å². The van der Waals surface area contributed by atoms with E-state index in [0.717, 1.165) is 49.8 Å². The Hall–Kier alpha value is -5.86. The van der Waals surface area contributed by atoms with Gasteiger partial charge in [0.15, 0.2) is 0 Å². The van der Waals surface area contributed by atoms with Gasteiger partial charge in [-0.1, -0.05) is 129 Å². The molecule has 1 aromatic heterocycles. The molecule has 7 aromatic carbocycles. The highest BCUT2D eigenvalue weighted by Crippen LogP contribution is 2.54. The molecule has 0 amide bonds. The third-order valence-electron chi connectivity index (χ3n) is 11.1. The summed E-state index contributed by atoms with van der Waals surface area (Å²) in [7, 11) is 0. The van der Waals surface area contributed by atoms with Crippen LogP contribution in [0.5, 0.6) is 0 Å². The summed E-state index contributed by atoms with van der Waals surface area (Å²) in [6.07, 6.45) is 9.23. The van der Waals surface area contributed by atoms with E-state index in [0.29, 0.717) is 11.8 Å². The summed E-state index contributed by atoms with van der Waals surface area (Å²) in [5.41, 5.74) is 10.5. The molecular weight excluding hydrogens is 595 g/mol. The third kappa shape index (κ3) is 4.27. The van der Waals surface area contributed by atoms with Gasteiger partial charge < -0.3 is 9.32 Å². The van der Waals surface area contributed by atoms with E-state index in [1.807, 2.05) is 6.07 Å². The lowest BCUT2D eigenvalue weighted by Gasteiger charge is -2.29. The van der Waals surface area contributed by atoms with E-state index in [9.17, 15) is 0 Å². The van der Waals surface area contributed by atoms with Crippen molar-refractivity contribution in [3.05, 3.63) is 175 Å². The molecule has 234 valence electrons. The van der Waals surface area contributed by atoms with Crippen LogP contribution in [-0.4, -0.2) is 0 Å². The summed E-state index contributed by atoms with van der Waals surface area (Å²) >= 11 is 0. The maximum atomic E-state index is 6.56. The Morgan fingerprint density at radius 3 is 2.24 bits per heavy atom. The van der Waals surface area contributed by atoms with Crippen molar-refractivity contribution in [3.63, 3.8) is 0 Å². The van der Waals surface area contributed by atoms with Crippen molar-refractivity contribution in [2.45, 2.75) is 25.2 Å². The van der Waals surface area contributed by atoms with Crippen LogP contribution in [-0.2, 0) is 5.41 Å². The van der Waals surface area contributed by atoms with Gasteiger partial charge in [-0.05, 0) is 92.7 Å². The van der Waals surface area contributed by atoms with E-state index in [1.165, 1.54) is 33.0 Å². The van der Waals surface area contributed by atoms with Gasteiger partial charge in [0.05, 0.1) is 5.69 Å². The van der Waals surface area contributed by atoms with E-state index in [2.05, 4.69) is 177 Å². The van der Waals surface area contributed by atoms with Crippen molar-refractivity contribution in [3.8, 4) is 11.1 Å². The zero-order valence-electron chi connectivity index (χ0n) is 27.6. The van der Waals surface area contributed by atoms with Gasteiger partial charge in [-0.15, -0.1) is 0 Å². The lowest BCUT2D eigenvalue weighted by atomic mass is 9.74. The summed E-state index contributed by atoms with van der Waals surface area (Å²) in [6, 6.07) is 51.0. The topological polar surface area (TPSA) is 16.4 Å². The Labute approximate surface area is 286 Å². The number of anilines is 3. The molecule has 0 radical (unpaired) electrons. The lowest BCUT2D eigenvalue weighted by molar-refractivity contribution is 0.394. The fourth-order valence-corrected chi connectivity index (χ4v) is 8.65. The first-order valence-electron chi connectivity index (χ1n) is 17.3. The molecule has 0 aliphatic heterocycles. The molecule has 1 heterocycles. The highest BCUT2D eigenvalue weighted by molar-refractivity contribution is 6.15. The minimum absolute atomic E-state index is 0.0590. The first-order valence-corrected chi connectivity index (χ1v) is 17.3. The van der Waals surface area contributed by atoms with Crippen LogP contribution in [0.2, 0.25) is 0 Å². The molecule has 0 fully saturated rings. The van der Waals surface area contributed by atoms with Gasteiger partial charge in [-0.2, -0.15) is 0 Å². The molecule has 0 spiro atoms. The molecule has 2 aliphatic carbocycles. The minimum atomic E-state index is 0.0590. The summed E-state index contributed by atoms with van der Waals surface area (Å²) < 4.78 is 6.56. The molecule has 10 rings (SSSR count). The van der Waals surface area contributed by atoms with Crippen molar-refractivity contribution >= 4 is 60.5 Å². The number of rotatable bonds is 4. The maximum Gasteiger partial charge on any atom is 0.143 e. The molecule has 2 heteroatoms. The zero-order valence-corrected chi connectivity index (χ0v) is 27.6. The smallest absolute Gasteiger partial charge is 0.143 e. The second-order valence-electron chi connectivity index (χ2n) is 14.2. The number of allylic oxidation sites excluding steroid dienone is 4. The van der Waals surface area contributed by atoms with Crippen LogP contribution in [0.4, 0.5) is 17.1 Å². The van der Waals surface area contributed by atoms with E-state index < -0.39 is 0 Å². The summed E-state index contributed by atoms with van der Waals surface area (Å²) in [6.45, 7) is 4.79.